The second kappa shape index (κ2) is 5.22. The van der Waals surface area contributed by atoms with Gasteiger partial charge in [0.05, 0.1) is 11.8 Å². The average molecular weight is 267 g/mol. The third-order valence-corrected chi connectivity index (χ3v) is 3.71. The zero-order valence-corrected chi connectivity index (χ0v) is 11.3. The predicted octanol–water partition coefficient (Wildman–Crippen LogP) is 0.360. The van der Waals surface area contributed by atoms with E-state index in [-0.39, 0.29) is 18.6 Å². The Morgan fingerprint density at radius 2 is 2.47 bits per heavy atom. The highest BCUT2D eigenvalue weighted by Gasteiger charge is 2.39. The van der Waals surface area contributed by atoms with Crippen LogP contribution in [0.4, 0.5) is 5.69 Å². The summed E-state index contributed by atoms with van der Waals surface area (Å²) >= 11 is 0. The zero-order valence-electron chi connectivity index (χ0n) is 11.3. The molecular formula is C13H21N3O3. The summed E-state index contributed by atoms with van der Waals surface area (Å²) in [6.45, 7) is 5.12. The number of ether oxygens (including phenoxy) is 1. The summed E-state index contributed by atoms with van der Waals surface area (Å²) in [5, 5.41) is 13.1. The molecule has 2 heterocycles. The molecule has 6 heteroatoms. The second-order valence-corrected chi connectivity index (χ2v) is 4.99. The lowest BCUT2D eigenvalue weighted by Gasteiger charge is -2.26. The SMILES string of the molecule is CCn1cc(N)cc1C(=O)NCC1(O)CCOC1C. The Hall–Kier alpha value is -1.53. The molecule has 1 fully saturated rings. The summed E-state index contributed by atoms with van der Waals surface area (Å²) in [4.78, 5) is 12.1. The van der Waals surface area contributed by atoms with Crippen molar-refractivity contribution in [1.29, 1.82) is 0 Å². The second-order valence-electron chi connectivity index (χ2n) is 4.99. The molecule has 0 aliphatic carbocycles. The van der Waals surface area contributed by atoms with E-state index in [4.69, 9.17) is 10.5 Å². The number of nitrogens with zero attached hydrogens (tertiary/aromatic N) is 1. The Morgan fingerprint density at radius 1 is 1.74 bits per heavy atom. The van der Waals surface area contributed by atoms with Gasteiger partial charge in [-0.2, -0.15) is 0 Å². The first-order valence-electron chi connectivity index (χ1n) is 6.54. The van der Waals surface area contributed by atoms with E-state index in [0.29, 0.717) is 31.0 Å². The lowest BCUT2D eigenvalue weighted by Crippen LogP contribution is -2.47. The van der Waals surface area contributed by atoms with Crippen LogP contribution in [0.15, 0.2) is 12.3 Å². The van der Waals surface area contributed by atoms with Crippen LogP contribution in [0.25, 0.3) is 0 Å². The van der Waals surface area contributed by atoms with Crippen LogP contribution in [0.2, 0.25) is 0 Å². The Labute approximate surface area is 112 Å². The first kappa shape index (κ1) is 13.9. The Bertz CT molecular complexity index is 472. The van der Waals surface area contributed by atoms with Gasteiger partial charge in [-0.15, -0.1) is 0 Å². The minimum atomic E-state index is -0.981. The monoisotopic (exact) mass is 267 g/mol. The minimum absolute atomic E-state index is 0.182. The smallest absolute Gasteiger partial charge is 0.268 e. The number of hydrogen-bond acceptors (Lipinski definition) is 4. The van der Waals surface area contributed by atoms with Crippen LogP contribution in [0, 0.1) is 0 Å². The van der Waals surface area contributed by atoms with Crippen LogP contribution in [-0.2, 0) is 11.3 Å². The molecule has 2 rings (SSSR count). The summed E-state index contributed by atoms with van der Waals surface area (Å²) in [6.07, 6.45) is 1.99. The van der Waals surface area contributed by atoms with Crippen molar-refractivity contribution in [3.63, 3.8) is 0 Å². The molecule has 0 saturated carbocycles. The van der Waals surface area contributed by atoms with Gasteiger partial charge in [-0.1, -0.05) is 0 Å². The van der Waals surface area contributed by atoms with Crippen LogP contribution in [0.5, 0.6) is 0 Å². The number of carbonyl (C=O) groups is 1. The molecule has 0 aromatic carbocycles. The number of aliphatic hydroxyl groups is 1. The standard InChI is InChI=1S/C13H21N3O3/c1-3-16-7-10(14)6-11(16)12(17)15-8-13(18)4-5-19-9(13)2/h6-7,9,18H,3-5,8,14H2,1-2H3,(H,15,17). The quantitative estimate of drug-likeness (QED) is 0.735. The molecule has 0 spiro atoms. The number of hydrogen-bond donors (Lipinski definition) is 3. The molecule has 0 bridgehead atoms. The fraction of sp³-hybridized carbons (Fsp3) is 0.615. The molecule has 1 amide bonds. The number of aryl methyl sites for hydroxylation is 1. The molecule has 1 aliphatic rings. The highest BCUT2D eigenvalue weighted by atomic mass is 16.5. The number of nitrogens with one attached hydrogen (secondary N) is 1. The maximum Gasteiger partial charge on any atom is 0.268 e. The number of nitrogen functional groups attached to an aromatic ring is 1. The third-order valence-electron chi connectivity index (χ3n) is 3.71. The largest absolute Gasteiger partial charge is 0.397 e. The summed E-state index contributed by atoms with van der Waals surface area (Å²) in [5.41, 5.74) is 5.78. The highest BCUT2D eigenvalue weighted by Crippen LogP contribution is 2.24. The summed E-state index contributed by atoms with van der Waals surface area (Å²) in [5.74, 6) is -0.230. The van der Waals surface area contributed by atoms with Gasteiger partial charge < -0.3 is 25.5 Å². The van der Waals surface area contributed by atoms with E-state index in [1.807, 2.05) is 13.8 Å². The van der Waals surface area contributed by atoms with Crippen molar-refractivity contribution < 1.29 is 14.6 Å². The average Bonchev–Trinajstić information content (AvgIpc) is 2.91. The maximum atomic E-state index is 12.1. The zero-order chi connectivity index (χ0) is 14.0. The maximum absolute atomic E-state index is 12.1. The molecule has 2 atom stereocenters. The van der Waals surface area contributed by atoms with Crippen molar-refractivity contribution in [1.82, 2.24) is 9.88 Å². The van der Waals surface area contributed by atoms with Crippen molar-refractivity contribution in [2.75, 3.05) is 18.9 Å². The van der Waals surface area contributed by atoms with Gasteiger partial charge in [0.25, 0.3) is 5.91 Å². The minimum Gasteiger partial charge on any atom is -0.397 e. The molecule has 1 aliphatic heterocycles. The van der Waals surface area contributed by atoms with Crippen LogP contribution < -0.4 is 11.1 Å². The van der Waals surface area contributed by atoms with Gasteiger partial charge in [-0.05, 0) is 19.9 Å². The van der Waals surface area contributed by atoms with Crippen molar-refractivity contribution >= 4 is 11.6 Å². The van der Waals surface area contributed by atoms with Gasteiger partial charge in [0.2, 0.25) is 0 Å². The number of amides is 1. The fourth-order valence-electron chi connectivity index (χ4n) is 2.31. The molecule has 1 aromatic heterocycles. The van der Waals surface area contributed by atoms with E-state index in [0.717, 1.165) is 0 Å². The van der Waals surface area contributed by atoms with Crippen LogP contribution in [-0.4, -0.2) is 40.4 Å². The molecule has 1 saturated heterocycles. The molecule has 106 valence electrons. The molecule has 19 heavy (non-hydrogen) atoms. The Morgan fingerprint density at radius 3 is 3.05 bits per heavy atom. The molecule has 2 unspecified atom stereocenters. The summed E-state index contributed by atoms with van der Waals surface area (Å²) in [6, 6.07) is 1.64. The van der Waals surface area contributed by atoms with Crippen molar-refractivity contribution in [2.45, 2.75) is 38.5 Å². The number of nitrogens with two attached hydrogens (primary N) is 1. The normalized spacial score (nSPS) is 26.6. The van der Waals surface area contributed by atoms with E-state index in [1.54, 1.807) is 16.8 Å². The van der Waals surface area contributed by atoms with E-state index < -0.39 is 5.60 Å². The predicted molar refractivity (Wildman–Crippen MR) is 71.8 cm³/mol. The van der Waals surface area contributed by atoms with Gasteiger partial charge in [0.15, 0.2) is 0 Å². The van der Waals surface area contributed by atoms with Crippen molar-refractivity contribution in [3.8, 4) is 0 Å². The first-order chi connectivity index (χ1) is 8.96. The van der Waals surface area contributed by atoms with Gasteiger partial charge in [0.1, 0.15) is 11.3 Å². The first-order valence-corrected chi connectivity index (χ1v) is 6.54. The molecule has 4 N–H and O–H groups in total. The number of carbonyl (C=O) groups excluding carboxylic acids is 1. The fourth-order valence-corrected chi connectivity index (χ4v) is 2.31. The van der Waals surface area contributed by atoms with Gasteiger partial charge >= 0.3 is 0 Å². The van der Waals surface area contributed by atoms with Crippen LogP contribution in [0.1, 0.15) is 30.8 Å². The number of anilines is 1. The number of rotatable bonds is 4. The van der Waals surface area contributed by atoms with Gasteiger partial charge in [-0.25, -0.2) is 0 Å². The third kappa shape index (κ3) is 2.74. The van der Waals surface area contributed by atoms with Gasteiger partial charge in [0, 0.05) is 32.3 Å². The van der Waals surface area contributed by atoms with E-state index in [1.165, 1.54) is 0 Å². The Balaban J connectivity index is 2.01. The molecule has 1 aromatic rings. The summed E-state index contributed by atoms with van der Waals surface area (Å²) in [7, 11) is 0. The number of aromatic nitrogens is 1. The van der Waals surface area contributed by atoms with Crippen molar-refractivity contribution in [2.24, 2.45) is 0 Å². The Kier molecular flexibility index (Phi) is 3.82. The lowest BCUT2D eigenvalue weighted by molar-refractivity contribution is -0.0252. The van der Waals surface area contributed by atoms with E-state index in [2.05, 4.69) is 5.32 Å². The van der Waals surface area contributed by atoms with Crippen molar-refractivity contribution in [3.05, 3.63) is 18.0 Å². The van der Waals surface area contributed by atoms with E-state index in [9.17, 15) is 9.90 Å². The molecule has 0 radical (unpaired) electrons. The van der Waals surface area contributed by atoms with Gasteiger partial charge in [-0.3, -0.25) is 4.79 Å². The highest BCUT2D eigenvalue weighted by molar-refractivity contribution is 5.93. The summed E-state index contributed by atoms with van der Waals surface area (Å²) < 4.78 is 7.11. The topological polar surface area (TPSA) is 89.5 Å². The van der Waals surface area contributed by atoms with Crippen LogP contribution >= 0.6 is 0 Å². The van der Waals surface area contributed by atoms with E-state index >= 15 is 0 Å². The van der Waals surface area contributed by atoms with Crippen LogP contribution in [0.3, 0.4) is 0 Å². The molecule has 6 nitrogen and oxygen atoms in total. The lowest BCUT2D eigenvalue weighted by atomic mass is 9.97. The molecular weight excluding hydrogens is 246 g/mol.